The number of nitrogens with zero attached hydrogens (tertiary/aromatic N) is 1. The van der Waals surface area contributed by atoms with Gasteiger partial charge in [0.05, 0.1) is 12.2 Å². The van der Waals surface area contributed by atoms with Gasteiger partial charge in [-0.2, -0.15) is 0 Å². The molecule has 4 nitrogen and oxygen atoms in total. The van der Waals surface area contributed by atoms with E-state index in [0.29, 0.717) is 18.7 Å². The molecule has 0 amide bonds. The first-order valence-corrected chi connectivity index (χ1v) is 4.87. The molecule has 80 valence electrons. The topological polar surface area (TPSA) is 60.8 Å². The third kappa shape index (κ3) is 2.00. The van der Waals surface area contributed by atoms with Crippen molar-refractivity contribution in [1.82, 2.24) is 0 Å². The zero-order valence-corrected chi connectivity index (χ0v) is 8.21. The van der Waals surface area contributed by atoms with Crippen LogP contribution >= 0.6 is 0 Å². The van der Waals surface area contributed by atoms with Gasteiger partial charge >= 0.3 is 0 Å². The summed E-state index contributed by atoms with van der Waals surface area (Å²) in [4.78, 5) is 12.3. The van der Waals surface area contributed by atoms with Gasteiger partial charge < -0.3 is 15.1 Å². The van der Waals surface area contributed by atoms with E-state index in [0.717, 1.165) is 12.0 Å². The third-order valence-electron chi connectivity index (χ3n) is 2.65. The first-order valence-electron chi connectivity index (χ1n) is 4.87. The predicted molar refractivity (Wildman–Crippen MR) is 56.1 cm³/mol. The molecule has 15 heavy (non-hydrogen) atoms. The van der Waals surface area contributed by atoms with Crippen LogP contribution in [0.3, 0.4) is 0 Å². The van der Waals surface area contributed by atoms with Crippen molar-refractivity contribution in [1.29, 1.82) is 0 Å². The highest BCUT2D eigenvalue weighted by Crippen LogP contribution is 2.20. The lowest BCUT2D eigenvalue weighted by Crippen LogP contribution is -2.22. The number of rotatable bonds is 2. The van der Waals surface area contributed by atoms with E-state index in [1.165, 1.54) is 0 Å². The number of β-amino-alcohol motifs (C(OH)–C–C–N with tert-alkyl or cyclic N) is 2. The summed E-state index contributed by atoms with van der Waals surface area (Å²) in [5.74, 6) is 0. The summed E-state index contributed by atoms with van der Waals surface area (Å²) in [5.41, 5.74) is 1.54. The molecule has 1 heterocycles. The Morgan fingerprint density at radius 2 is 1.67 bits per heavy atom. The van der Waals surface area contributed by atoms with Crippen LogP contribution in [0, 0.1) is 0 Å². The van der Waals surface area contributed by atoms with Crippen LogP contribution in [0.1, 0.15) is 10.4 Å². The maximum Gasteiger partial charge on any atom is 0.150 e. The first kappa shape index (κ1) is 10.1. The summed E-state index contributed by atoms with van der Waals surface area (Å²) in [7, 11) is 0. The summed E-state index contributed by atoms with van der Waals surface area (Å²) in [6, 6.07) is 7.07. The SMILES string of the molecule is O=Cc1ccc(N2CC(O)C(O)C2)cc1. The quantitative estimate of drug-likeness (QED) is 0.672. The molecule has 1 saturated heterocycles. The third-order valence-corrected chi connectivity index (χ3v) is 2.65. The van der Waals surface area contributed by atoms with Crippen LogP contribution in [-0.4, -0.2) is 41.8 Å². The zero-order valence-electron chi connectivity index (χ0n) is 8.21. The van der Waals surface area contributed by atoms with E-state index < -0.39 is 12.2 Å². The van der Waals surface area contributed by atoms with Gasteiger partial charge in [0.25, 0.3) is 0 Å². The van der Waals surface area contributed by atoms with Gasteiger partial charge in [0, 0.05) is 24.3 Å². The molecule has 1 aromatic rings. The molecule has 1 aliphatic heterocycles. The van der Waals surface area contributed by atoms with Crippen LogP contribution in [0.4, 0.5) is 5.69 Å². The monoisotopic (exact) mass is 207 g/mol. The maximum atomic E-state index is 10.4. The smallest absolute Gasteiger partial charge is 0.150 e. The molecule has 2 atom stereocenters. The van der Waals surface area contributed by atoms with Gasteiger partial charge in [-0.1, -0.05) is 0 Å². The van der Waals surface area contributed by atoms with E-state index in [-0.39, 0.29) is 0 Å². The summed E-state index contributed by atoms with van der Waals surface area (Å²) < 4.78 is 0. The molecule has 0 radical (unpaired) electrons. The Morgan fingerprint density at radius 3 is 2.13 bits per heavy atom. The number of carbonyl (C=O) groups excluding carboxylic acids is 1. The number of aliphatic hydroxyl groups excluding tert-OH is 2. The molecule has 0 spiro atoms. The van der Waals surface area contributed by atoms with Crippen LogP contribution in [-0.2, 0) is 0 Å². The molecular formula is C11H13NO3. The Morgan fingerprint density at radius 1 is 1.13 bits per heavy atom. The van der Waals surface area contributed by atoms with Crippen LogP contribution in [0.15, 0.2) is 24.3 Å². The summed E-state index contributed by atoms with van der Waals surface area (Å²) in [6.07, 6.45) is -0.580. The highest BCUT2D eigenvalue weighted by molar-refractivity contribution is 5.75. The lowest BCUT2D eigenvalue weighted by atomic mass is 10.2. The summed E-state index contributed by atoms with van der Waals surface area (Å²) in [6.45, 7) is 0.864. The van der Waals surface area contributed by atoms with Gasteiger partial charge in [-0.05, 0) is 24.3 Å². The fraction of sp³-hybridized carbons (Fsp3) is 0.364. The maximum absolute atomic E-state index is 10.4. The normalized spacial score (nSPS) is 25.6. The van der Waals surface area contributed by atoms with Crippen molar-refractivity contribution in [2.45, 2.75) is 12.2 Å². The van der Waals surface area contributed by atoms with Gasteiger partial charge in [0.15, 0.2) is 0 Å². The molecule has 2 unspecified atom stereocenters. The molecule has 1 aromatic carbocycles. The fourth-order valence-electron chi connectivity index (χ4n) is 1.74. The highest BCUT2D eigenvalue weighted by atomic mass is 16.3. The standard InChI is InChI=1S/C11H13NO3/c13-7-8-1-3-9(4-2-8)12-5-10(14)11(15)6-12/h1-4,7,10-11,14-15H,5-6H2. The van der Waals surface area contributed by atoms with Crippen molar-refractivity contribution in [3.05, 3.63) is 29.8 Å². The van der Waals surface area contributed by atoms with E-state index in [2.05, 4.69) is 0 Å². The van der Waals surface area contributed by atoms with Crippen LogP contribution in [0.25, 0.3) is 0 Å². The Hall–Kier alpha value is -1.39. The van der Waals surface area contributed by atoms with Crippen LogP contribution < -0.4 is 4.90 Å². The molecule has 0 aliphatic carbocycles. The second-order valence-corrected chi connectivity index (χ2v) is 3.75. The van der Waals surface area contributed by atoms with Crippen LogP contribution in [0.2, 0.25) is 0 Å². The number of hydrogen-bond acceptors (Lipinski definition) is 4. The molecule has 4 heteroatoms. The minimum absolute atomic E-state index is 0.432. The van der Waals surface area contributed by atoms with E-state index >= 15 is 0 Å². The molecule has 2 rings (SSSR count). The van der Waals surface area contributed by atoms with Crippen molar-refractivity contribution in [2.24, 2.45) is 0 Å². The minimum atomic E-state index is -0.684. The molecule has 0 aromatic heterocycles. The van der Waals surface area contributed by atoms with E-state index in [4.69, 9.17) is 0 Å². The average molecular weight is 207 g/mol. The lowest BCUT2D eigenvalue weighted by Gasteiger charge is -2.17. The Labute approximate surface area is 87.8 Å². The number of carbonyl (C=O) groups is 1. The molecule has 0 bridgehead atoms. The summed E-state index contributed by atoms with van der Waals surface area (Å²) >= 11 is 0. The molecule has 2 N–H and O–H groups in total. The van der Waals surface area contributed by atoms with E-state index in [1.807, 2.05) is 17.0 Å². The van der Waals surface area contributed by atoms with E-state index in [9.17, 15) is 15.0 Å². The summed E-state index contributed by atoms with van der Waals surface area (Å²) in [5, 5.41) is 18.8. The van der Waals surface area contributed by atoms with Crippen molar-refractivity contribution in [3.63, 3.8) is 0 Å². The zero-order chi connectivity index (χ0) is 10.8. The Balaban J connectivity index is 2.13. The van der Waals surface area contributed by atoms with Gasteiger partial charge in [-0.3, -0.25) is 4.79 Å². The fourth-order valence-corrected chi connectivity index (χ4v) is 1.74. The van der Waals surface area contributed by atoms with Gasteiger partial charge in [0.2, 0.25) is 0 Å². The second kappa shape index (κ2) is 4.00. The number of aliphatic hydroxyl groups is 2. The largest absolute Gasteiger partial charge is 0.389 e. The molecule has 0 saturated carbocycles. The van der Waals surface area contributed by atoms with Crippen LogP contribution in [0.5, 0.6) is 0 Å². The van der Waals surface area contributed by atoms with E-state index in [1.54, 1.807) is 12.1 Å². The van der Waals surface area contributed by atoms with Gasteiger partial charge in [0.1, 0.15) is 6.29 Å². The van der Waals surface area contributed by atoms with Crippen molar-refractivity contribution >= 4 is 12.0 Å². The number of hydrogen-bond donors (Lipinski definition) is 2. The number of aldehydes is 1. The molecule has 1 fully saturated rings. The molecule has 1 aliphatic rings. The van der Waals surface area contributed by atoms with Gasteiger partial charge in [-0.25, -0.2) is 0 Å². The number of anilines is 1. The Kier molecular flexibility index (Phi) is 2.70. The lowest BCUT2D eigenvalue weighted by molar-refractivity contribution is 0.0572. The van der Waals surface area contributed by atoms with Crippen molar-refractivity contribution in [3.8, 4) is 0 Å². The Bertz CT molecular complexity index is 339. The minimum Gasteiger partial charge on any atom is -0.389 e. The first-order chi connectivity index (χ1) is 7.20. The number of benzene rings is 1. The van der Waals surface area contributed by atoms with Crippen molar-refractivity contribution in [2.75, 3.05) is 18.0 Å². The highest BCUT2D eigenvalue weighted by Gasteiger charge is 2.29. The predicted octanol–water partition coefficient (Wildman–Crippen LogP) is 0.0409. The second-order valence-electron chi connectivity index (χ2n) is 3.75. The van der Waals surface area contributed by atoms with Crippen molar-refractivity contribution < 1.29 is 15.0 Å². The molecular weight excluding hydrogens is 194 g/mol. The average Bonchev–Trinajstić information content (AvgIpc) is 2.59. The van der Waals surface area contributed by atoms with Gasteiger partial charge in [-0.15, -0.1) is 0 Å².